The number of hydrogen-bond acceptors (Lipinski definition) is 5. The van der Waals surface area contributed by atoms with E-state index in [1.54, 1.807) is 36.4 Å². The van der Waals surface area contributed by atoms with Crippen LogP contribution < -0.4 is 5.32 Å². The van der Waals surface area contributed by atoms with Crippen LogP contribution in [0.4, 0.5) is 5.69 Å². The average Bonchev–Trinajstić information content (AvgIpc) is 3.18. The van der Waals surface area contributed by atoms with Gasteiger partial charge in [0.15, 0.2) is 18.7 Å². The molecule has 1 heterocycles. The van der Waals surface area contributed by atoms with Crippen LogP contribution in [-0.4, -0.2) is 24.8 Å². The number of esters is 1. The first-order chi connectivity index (χ1) is 13.9. The number of anilines is 1. The summed E-state index contributed by atoms with van der Waals surface area (Å²) in [5.74, 6) is -0.276. The van der Waals surface area contributed by atoms with E-state index in [2.05, 4.69) is 21.2 Å². The number of nitrogens with one attached hydrogen (secondary N) is 1. The lowest BCUT2D eigenvalue weighted by atomic mass is 10.1. The van der Waals surface area contributed by atoms with Gasteiger partial charge in [0, 0.05) is 15.7 Å². The van der Waals surface area contributed by atoms with Gasteiger partial charge < -0.3 is 14.5 Å². The highest BCUT2D eigenvalue weighted by Gasteiger charge is 2.13. The molecule has 0 saturated heterocycles. The third-order valence-electron chi connectivity index (χ3n) is 4.24. The number of ether oxygens (including phenoxy) is 1. The van der Waals surface area contributed by atoms with Crippen molar-refractivity contribution in [2.75, 3.05) is 11.9 Å². The van der Waals surface area contributed by atoms with E-state index in [9.17, 15) is 14.4 Å². The number of amides is 1. The van der Waals surface area contributed by atoms with Crippen LogP contribution in [0, 0.1) is 13.8 Å². The quantitative estimate of drug-likeness (QED) is 0.420. The van der Waals surface area contributed by atoms with E-state index in [-0.39, 0.29) is 5.76 Å². The van der Waals surface area contributed by atoms with E-state index in [0.29, 0.717) is 28.9 Å². The summed E-state index contributed by atoms with van der Waals surface area (Å²) in [6.45, 7) is 3.38. The summed E-state index contributed by atoms with van der Waals surface area (Å²) in [7, 11) is 0. The second-order valence-corrected chi connectivity index (χ2v) is 7.35. The van der Waals surface area contributed by atoms with Crippen molar-refractivity contribution in [1.29, 1.82) is 0 Å². The second-order valence-electron chi connectivity index (χ2n) is 6.44. The number of furan rings is 1. The molecule has 1 aromatic heterocycles. The van der Waals surface area contributed by atoms with Gasteiger partial charge in [-0.25, -0.2) is 4.79 Å². The maximum absolute atomic E-state index is 12.2. The van der Waals surface area contributed by atoms with Gasteiger partial charge in [-0.3, -0.25) is 9.59 Å². The molecule has 0 aliphatic heterocycles. The molecule has 0 fully saturated rings. The Kier molecular flexibility index (Phi) is 6.29. The number of carbonyl (C=O) groups is 3. The van der Waals surface area contributed by atoms with Gasteiger partial charge in [0.1, 0.15) is 5.76 Å². The molecule has 148 valence electrons. The highest BCUT2D eigenvalue weighted by atomic mass is 79.9. The minimum Gasteiger partial charge on any atom is -0.453 e. The summed E-state index contributed by atoms with van der Waals surface area (Å²) < 4.78 is 11.4. The predicted molar refractivity (Wildman–Crippen MR) is 112 cm³/mol. The first-order valence-electron chi connectivity index (χ1n) is 8.76. The molecule has 1 N–H and O–H groups in total. The normalized spacial score (nSPS) is 10.4. The molecule has 2 aromatic carbocycles. The van der Waals surface area contributed by atoms with E-state index in [1.165, 1.54) is 0 Å². The molecule has 0 spiro atoms. The van der Waals surface area contributed by atoms with Crippen molar-refractivity contribution < 1.29 is 23.5 Å². The second kappa shape index (κ2) is 8.87. The summed E-state index contributed by atoms with van der Waals surface area (Å²) in [6, 6.07) is 13.5. The van der Waals surface area contributed by atoms with Crippen molar-refractivity contribution >= 4 is 39.8 Å². The summed E-state index contributed by atoms with van der Waals surface area (Å²) in [5.41, 5.74) is 3.53. The van der Waals surface area contributed by atoms with Gasteiger partial charge in [0.05, 0.1) is 5.56 Å². The largest absolute Gasteiger partial charge is 0.453 e. The Labute approximate surface area is 176 Å². The highest BCUT2D eigenvalue weighted by Crippen LogP contribution is 2.25. The Bertz CT molecular complexity index is 1050. The number of carbonyl (C=O) groups excluding carboxylic acids is 3. The number of aldehydes is 1. The molecule has 3 rings (SSSR count). The SMILES string of the molecule is Cc1cc(Br)cc(C)c1NC(=O)COC(=O)c1ccc(-c2ccc(C=O)o2)cc1. The van der Waals surface area contributed by atoms with Crippen LogP contribution in [0.3, 0.4) is 0 Å². The van der Waals surface area contributed by atoms with Crippen molar-refractivity contribution in [2.45, 2.75) is 13.8 Å². The van der Waals surface area contributed by atoms with E-state index < -0.39 is 18.5 Å². The zero-order valence-electron chi connectivity index (χ0n) is 15.8. The summed E-state index contributed by atoms with van der Waals surface area (Å²) in [4.78, 5) is 35.1. The van der Waals surface area contributed by atoms with Crippen molar-refractivity contribution in [3.05, 3.63) is 75.5 Å². The van der Waals surface area contributed by atoms with Gasteiger partial charge in [-0.1, -0.05) is 28.1 Å². The summed E-state index contributed by atoms with van der Waals surface area (Å²) >= 11 is 3.41. The molecule has 29 heavy (non-hydrogen) atoms. The standard InChI is InChI=1S/C22H18BrNO5/c1-13-9-17(23)10-14(2)21(13)24-20(26)12-28-22(27)16-5-3-15(4-6-16)19-8-7-18(11-25)29-19/h3-11H,12H2,1-2H3,(H,24,26). The molecule has 3 aromatic rings. The summed E-state index contributed by atoms with van der Waals surface area (Å²) in [5, 5.41) is 2.77. The minimum atomic E-state index is -0.607. The minimum absolute atomic E-state index is 0.228. The number of rotatable bonds is 6. The average molecular weight is 456 g/mol. The van der Waals surface area contributed by atoms with Crippen molar-refractivity contribution in [1.82, 2.24) is 0 Å². The molecular weight excluding hydrogens is 438 g/mol. The smallest absolute Gasteiger partial charge is 0.338 e. The van der Waals surface area contributed by atoms with Crippen molar-refractivity contribution in [2.24, 2.45) is 0 Å². The molecule has 1 amide bonds. The van der Waals surface area contributed by atoms with Gasteiger partial charge in [-0.15, -0.1) is 0 Å². The molecule has 0 radical (unpaired) electrons. The monoisotopic (exact) mass is 455 g/mol. The fraction of sp³-hybridized carbons (Fsp3) is 0.136. The third kappa shape index (κ3) is 5.00. The predicted octanol–water partition coefficient (Wildman–Crippen LogP) is 4.93. The maximum atomic E-state index is 12.2. The van der Waals surface area contributed by atoms with Crippen LogP contribution in [0.5, 0.6) is 0 Å². The Morgan fingerprint density at radius 3 is 2.31 bits per heavy atom. The van der Waals surface area contributed by atoms with Crippen molar-refractivity contribution in [3.8, 4) is 11.3 Å². The van der Waals surface area contributed by atoms with Gasteiger partial charge in [0.25, 0.3) is 5.91 Å². The first kappa shape index (κ1) is 20.5. The molecule has 0 aliphatic carbocycles. The van der Waals surface area contributed by atoms with Crippen LogP contribution >= 0.6 is 15.9 Å². The summed E-state index contributed by atoms with van der Waals surface area (Å²) in [6.07, 6.45) is 0.623. The molecule has 7 heteroatoms. The molecule has 0 bridgehead atoms. The lowest BCUT2D eigenvalue weighted by Crippen LogP contribution is -2.21. The molecule has 6 nitrogen and oxygen atoms in total. The zero-order valence-corrected chi connectivity index (χ0v) is 17.4. The van der Waals surface area contributed by atoms with Crippen LogP contribution in [0.2, 0.25) is 0 Å². The number of hydrogen-bond donors (Lipinski definition) is 1. The van der Waals surface area contributed by atoms with Gasteiger partial charge in [-0.05, 0) is 61.4 Å². The van der Waals surface area contributed by atoms with Crippen LogP contribution in [0.15, 0.2) is 57.4 Å². The van der Waals surface area contributed by atoms with E-state index in [4.69, 9.17) is 9.15 Å². The Morgan fingerprint density at radius 1 is 1.07 bits per heavy atom. The maximum Gasteiger partial charge on any atom is 0.338 e. The van der Waals surface area contributed by atoms with Gasteiger partial charge in [0.2, 0.25) is 0 Å². The molecule has 0 unspecified atom stereocenters. The van der Waals surface area contributed by atoms with Crippen LogP contribution in [0.1, 0.15) is 32.0 Å². The van der Waals surface area contributed by atoms with E-state index in [0.717, 1.165) is 15.6 Å². The molecule has 0 atom stereocenters. The highest BCUT2D eigenvalue weighted by molar-refractivity contribution is 9.10. The van der Waals surface area contributed by atoms with E-state index >= 15 is 0 Å². The number of halogens is 1. The van der Waals surface area contributed by atoms with Crippen LogP contribution in [0.25, 0.3) is 11.3 Å². The molecular formula is C22H18BrNO5. The molecule has 0 aliphatic rings. The number of aryl methyl sites for hydroxylation is 2. The first-order valence-corrected chi connectivity index (χ1v) is 9.56. The Balaban J connectivity index is 1.59. The lowest BCUT2D eigenvalue weighted by molar-refractivity contribution is -0.119. The zero-order chi connectivity index (χ0) is 21.0. The molecule has 0 saturated carbocycles. The van der Waals surface area contributed by atoms with E-state index in [1.807, 2.05) is 26.0 Å². The number of benzene rings is 2. The third-order valence-corrected chi connectivity index (χ3v) is 4.70. The Hall–Kier alpha value is -3.19. The topological polar surface area (TPSA) is 85.6 Å². The van der Waals surface area contributed by atoms with Gasteiger partial charge >= 0.3 is 5.97 Å². The fourth-order valence-corrected chi connectivity index (χ4v) is 3.53. The lowest BCUT2D eigenvalue weighted by Gasteiger charge is -2.12. The van der Waals surface area contributed by atoms with Crippen LogP contribution in [-0.2, 0) is 9.53 Å². The van der Waals surface area contributed by atoms with Crippen molar-refractivity contribution in [3.63, 3.8) is 0 Å². The fourth-order valence-electron chi connectivity index (χ4n) is 2.84. The van der Waals surface area contributed by atoms with Gasteiger partial charge in [-0.2, -0.15) is 0 Å². The Morgan fingerprint density at radius 2 is 1.72 bits per heavy atom.